The molecular formula is C13H8BrF3N2O. The number of nitrogens with one attached hydrogen (secondary N) is 1. The van der Waals surface area contributed by atoms with Gasteiger partial charge in [0, 0.05) is 4.47 Å². The number of carbonyl (C=O) groups excluding carboxylic acids is 1. The first kappa shape index (κ1) is 14.4. The first-order valence-corrected chi connectivity index (χ1v) is 6.19. The third-order valence-electron chi connectivity index (χ3n) is 2.54. The highest BCUT2D eigenvalue weighted by atomic mass is 79.9. The van der Waals surface area contributed by atoms with Crippen molar-refractivity contribution < 1.29 is 18.0 Å². The van der Waals surface area contributed by atoms with Crippen LogP contribution in [-0.4, -0.2) is 5.91 Å². The van der Waals surface area contributed by atoms with Gasteiger partial charge in [-0.15, -0.1) is 0 Å². The Kier molecular flexibility index (Phi) is 3.99. The van der Waals surface area contributed by atoms with Crippen LogP contribution in [0.5, 0.6) is 0 Å². The number of hydrogen-bond donors (Lipinski definition) is 2. The number of benzene rings is 2. The minimum atomic E-state index is -1.27. The fourth-order valence-electron chi connectivity index (χ4n) is 1.54. The van der Waals surface area contributed by atoms with Gasteiger partial charge in [0.05, 0.1) is 11.3 Å². The van der Waals surface area contributed by atoms with E-state index >= 15 is 0 Å². The summed E-state index contributed by atoms with van der Waals surface area (Å²) in [6.07, 6.45) is 0. The number of rotatable bonds is 2. The predicted molar refractivity (Wildman–Crippen MR) is 72.8 cm³/mol. The topological polar surface area (TPSA) is 55.1 Å². The Balaban J connectivity index is 2.38. The largest absolute Gasteiger partial charge is 0.397 e. The maximum Gasteiger partial charge on any atom is 0.257 e. The van der Waals surface area contributed by atoms with E-state index in [0.717, 1.165) is 24.3 Å². The summed E-state index contributed by atoms with van der Waals surface area (Å²) in [5.74, 6) is -3.86. The summed E-state index contributed by atoms with van der Waals surface area (Å²) in [6.45, 7) is 0. The molecule has 0 bridgehead atoms. The fraction of sp³-hybridized carbons (Fsp3) is 0. The molecule has 7 heteroatoms. The zero-order chi connectivity index (χ0) is 14.9. The van der Waals surface area contributed by atoms with Gasteiger partial charge in [-0.2, -0.15) is 0 Å². The van der Waals surface area contributed by atoms with Crippen LogP contribution in [0.25, 0.3) is 0 Å². The molecule has 0 radical (unpaired) electrons. The first-order chi connectivity index (χ1) is 9.40. The highest BCUT2D eigenvalue weighted by Gasteiger charge is 2.17. The first-order valence-electron chi connectivity index (χ1n) is 5.40. The van der Waals surface area contributed by atoms with Gasteiger partial charge < -0.3 is 11.1 Å². The van der Waals surface area contributed by atoms with Crippen molar-refractivity contribution in [1.82, 2.24) is 0 Å². The molecule has 1 amide bonds. The molecule has 0 unspecified atom stereocenters. The number of amides is 1. The number of nitrogens with two attached hydrogens (primary N) is 1. The summed E-state index contributed by atoms with van der Waals surface area (Å²) >= 11 is 3.07. The van der Waals surface area contributed by atoms with Crippen molar-refractivity contribution in [3.8, 4) is 0 Å². The van der Waals surface area contributed by atoms with E-state index in [4.69, 9.17) is 5.73 Å². The Morgan fingerprint density at radius 3 is 2.55 bits per heavy atom. The monoisotopic (exact) mass is 344 g/mol. The molecule has 104 valence electrons. The molecule has 2 aromatic rings. The molecule has 0 saturated carbocycles. The lowest BCUT2D eigenvalue weighted by Crippen LogP contribution is -2.16. The van der Waals surface area contributed by atoms with Crippen molar-refractivity contribution in [2.45, 2.75) is 0 Å². The summed E-state index contributed by atoms with van der Waals surface area (Å²) in [7, 11) is 0. The molecule has 2 aromatic carbocycles. The Labute approximate surface area is 120 Å². The molecule has 0 spiro atoms. The van der Waals surface area contributed by atoms with Crippen molar-refractivity contribution in [2.75, 3.05) is 11.1 Å². The van der Waals surface area contributed by atoms with Crippen molar-refractivity contribution in [3.05, 3.63) is 57.8 Å². The molecule has 0 saturated heterocycles. The third kappa shape index (κ3) is 2.77. The average Bonchev–Trinajstić information content (AvgIpc) is 2.41. The number of halogens is 4. The number of carbonyl (C=O) groups is 1. The Hall–Kier alpha value is -2.02. The lowest BCUT2D eigenvalue weighted by Gasteiger charge is -2.10. The molecule has 0 aliphatic carbocycles. The van der Waals surface area contributed by atoms with E-state index in [9.17, 15) is 18.0 Å². The van der Waals surface area contributed by atoms with E-state index in [1.165, 1.54) is 6.07 Å². The minimum absolute atomic E-state index is 0.0620. The van der Waals surface area contributed by atoms with E-state index in [2.05, 4.69) is 21.2 Å². The average molecular weight is 345 g/mol. The van der Waals surface area contributed by atoms with Crippen LogP contribution < -0.4 is 11.1 Å². The molecule has 20 heavy (non-hydrogen) atoms. The Bertz CT molecular complexity index is 692. The molecule has 0 aliphatic heterocycles. The van der Waals surface area contributed by atoms with Crippen LogP contribution in [0.3, 0.4) is 0 Å². The van der Waals surface area contributed by atoms with Crippen LogP contribution in [0.1, 0.15) is 10.4 Å². The van der Waals surface area contributed by atoms with Crippen molar-refractivity contribution >= 4 is 33.2 Å². The molecule has 0 aliphatic rings. The Morgan fingerprint density at radius 2 is 1.85 bits per heavy atom. The number of hydrogen-bond acceptors (Lipinski definition) is 2. The van der Waals surface area contributed by atoms with Gasteiger partial charge in [0.15, 0.2) is 11.6 Å². The molecule has 3 nitrogen and oxygen atoms in total. The van der Waals surface area contributed by atoms with Crippen LogP contribution in [0, 0.1) is 17.5 Å². The minimum Gasteiger partial charge on any atom is -0.397 e. The molecule has 0 heterocycles. The van der Waals surface area contributed by atoms with Gasteiger partial charge >= 0.3 is 0 Å². The summed E-state index contributed by atoms with van der Waals surface area (Å²) in [6, 6.07) is 5.41. The second kappa shape index (κ2) is 5.54. The summed E-state index contributed by atoms with van der Waals surface area (Å²) in [4.78, 5) is 12.0. The maximum atomic E-state index is 13.6. The SMILES string of the molecule is Nc1ccc(F)c(F)c1NC(=O)c1cc(F)ccc1Br. The van der Waals surface area contributed by atoms with Crippen LogP contribution >= 0.6 is 15.9 Å². The van der Waals surface area contributed by atoms with Gasteiger partial charge in [-0.05, 0) is 46.3 Å². The standard InChI is InChI=1S/C13H8BrF3N2O/c14-8-2-1-6(15)5-7(8)13(20)19-12-10(18)4-3-9(16)11(12)17/h1-5H,18H2,(H,19,20). The van der Waals surface area contributed by atoms with Gasteiger partial charge in [-0.3, -0.25) is 4.79 Å². The summed E-state index contributed by atoms with van der Waals surface area (Å²) in [5, 5.41) is 2.13. The van der Waals surface area contributed by atoms with E-state index in [-0.39, 0.29) is 11.3 Å². The van der Waals surface area contributed by atoms with Crippen LogP contribution in [0.2, 0.25) is 0 Å². The van der Waals surface area contributed by atoms with Gasteiger partial charge in [0.2, 0.25) is 0 Å². The molecule has 3 N–H and O–H groups in total. The van der Waals surface area contributed by atoms with Crippen molar-refractivity contribution in [3.63, 3.8) is 0 Å². The molecule has 0 atom stereocenters. The van der Waals surface area contributed by atoms with E-state index in [1.54, 1.807) is 0 Å². The lowest BCUT2D eigenvalue weighted by atomic mass is 10.2. The lowest BCUT2D eigenvalue weighted by molar-refractivity contribution is 0.102. The molecule has 2 rings (SSSR count). The number of nitrogen functional groups attached to an aromatic ring is 1. The third-order valence-corrected chi connectivity index (χ3v) is 3.23. The zero-order valence-electron chi connectivity index (χ0n) is 9.88. The summed E-state index contributed by atoms with van der Waals surface area (Å²) < 4.78 is 40.1. The summed E-state index contributed by atoms with van der Waals surface area (Å²) in [5.41, 5.74) is 4.80. The second-order valence-electron chi connectivity index (χ2n) is 3.90. The Morgan fingerprint density at radius 1 is 1.15 bits per heavy atom. The van der Waals surface area contributed by atoms with Gasteiger partial charge in [-0.25, -0.2) is 13.2 Å². The van der Waals surface area contributed by atoms with Gasteiger partial charge in [-0.1, -0.05) is 0 Å². The zero-order valence-corrected chi connectivity index (χ0v) is 11.5. The predicted octanol–water partition coefficient (Wildman–Crippen LogP) is 3.70. The van der Waals surface area contributed by atoms with Gasteiger partial charge in [0.1, 0.15) is 11.5 Å². The van der Waals surface area contributed by atoms with E-state index in [0.29, 0.717) is 4.47 Å². The molecule has 0 fully saturated rings. The van der Waals surface area contributed by atoms with Crippen LogP contribution in [-0.2, 0) is 0 Å². The normalized spacial score (nSPS) is 10.4. The quantitative estimate of drug-likeness (QED) is 0.816. The van der Waals surface area contributed by atoms with Crippen molar-refractivity contribution in [2.24, 2.45) is 0 Å². The van der Waals surface area contributed by atoms with E-state index < -0.39 is 29.0 Å². The highest BCUT2D eigenvalue weighted by molar-refractivity contribution is 9.10. The van der Waals surface area contributed by atoms with Crippen LogP contribution in [0.4, 0.5) is 24.5 Å². The fourth-order valence-corrected chi connectivity index (χ4v) is 1.97. The maximum absolute atomic E-state index is 13.6. The van der Waals surface area contributed by atoms with Gasteiger partial charge in [0.25, 0.3) is 5.91 Å². The van der Waals surface area contributed by atoms with E-state index in [1.807, 2.05) is 0 Å². The molecular weight excluding hydrogens is 337 g/mol. The molecule has 0 aromatic heterocycles. The highest BCUT2D eigenvalue weighted by Crippen LogP contribution is 2.26. The van der Waals surface area contributed by atoms with Crippen LogP contribution in [0.15, 0.2) is 34.8 Å². The smallest absolute Gasteiger partial charge is 0.257 e. The second-order valence-corrected chi connectivity index (χ2v) is 4.76. The number of anilines is 2. The van der Waals surface area contributed by atoms with Crippen molar-refractivity contribution in [1.29, 1.82) is 0 Å².